The maximum absolute atomic E-state index is 12.2. The summed E-state index contributed by atoms with van der Waals surface area (Å²) < 4.78 is 5.09. The van der Waals surface area contributed by atoms with Gasteiger partial charge in [0.2, 0.25) is 0 Å². The number of nitrogens with two attached hydrogens (primary N) is 1. The van der Waals surface area contributed by atoms with Gasteiger partial charge in [-0.15, -0.1) is 0 Å². The van der Waals surface area contributed by atoms with Gasteiger partial charge in [0.25, 0.3) is 5.91 Å². The molecule has 0 saturated carbocycles. The third-order valence-electron chi connectivity index (χ3n) is 2.64. The molecule has 7 heteroatoms. The van der Waals surface area contributed by atoms with Crippen LogP contribution >= 0.6 is 11.6 Å². The van der Waals surface area contributed by atoms with Gasteiger partial charge in [0.1, 0.15) is 5.75 Å². The molecular formula is C13H13ClN4O2. The van der Waals surface area contributed by atoms with E-state index in [0.29, 0.717) is 27.7 Å². The van der Waals surface area contributed by atoms with Crippen molar-refractivity contribution >= 4 is 28.9 Å². The van der Waals surface area contributed by atoms with Crippen molar-refractivity contribution in [2.75, 3.05) is 17.9 Å². The summed E-state index contributed by atoms with van der Waals surface area (Å²) in [5.41, 5.74) is 3.66. The molecule has 104 valence electrons. The zero-order valence-corrected chi connectivity index (χ0v) is 11.4. The number of nitrogens with zero attached hydrogens (tertiary/aromatic N) is 1. The fraction of sp³-hybridized carbons (Fsp3) is 0.0769. The zero-order valence-electron chi connectivity index (χ0n) is 10.7. The van der Waals surface area contributed by atoms with Crippen LogP contribution in [0, 0.1) is 0 Å². The van der Waals surface area contributed by atoms with Crippen LogP contribution in [0.15, 0.2) is 36.7 Å². The van der Waals surface area contributed by atoms with Crippen LogP contribution in [-0.4, -0.2) is 18.0 Å². The highest BCUT2D eigenvalue weighted by Crippen LogP contribution is 2.27. The first-order valence-electron chi connectivity index (χ1n) is 5.71. The number of hydrogen-bond acceptors (Lipinski definition) is 5. The number of halogens is 1. The van der Waals surface area contributed by atoms with Crippen molar-refractivity contribution in [1.29, 1.82) is 0 Å². The van der Waals surface area contributed by atoms with Crippen molar-refractivity contribution < 1.29 is 9.53 Å². The van der Waals surface area contributed by atoms with Crippen LogP contribution in [0.1, 0.15) is 10.4 Å². The van der Waals surface area contributed by atoms with Crippen LogP contribution in [0.25, 0.3) is 0 Å². The van der Waals surface area contributed by atoms with E-state index in [1.54, 1.807) is 24.3 Å². The van der Waals surface area contributed by atoms with E-state index in [9.17, 15) is 4.79 Å². The Labute approximate surface area is 120 Å². The number of nitrogen functional groups attached to an aromatic ring is 1. The average Bonchev–Trinajstić information content (AvgIpc) is 2.49. The van der Waals surface area contributed by atoms with Crippen molar-refractivity contribution in [2.45, 2.75) is 0 Å². The molecule has 0 unspecified atom stereocenters. The molecule has 1 heterocycles. The minimum Gasteiger partial charge on any atom is -0.497 e. The molecule has 4 N–H and O–H groups in total. The third-order valence-corrected chi connectivity index (χ3v) is 2.97. The lowest BCUT2D eigenvalue weighted by Crippen LogP contribution is -2.17. The molecule has 0 spiro atoms. The number of ether oxygens (including phenoxy) is 1. The highest BCUT2D eigenvalue weighted by atomic mass is 35.5. The summed E-state index contributed by atoms with van der Waals surface area (Å²) in [6.07, 6.45) is 2.96. The highest BCUT2D eigenvalue weighted by molar-refractivity contribution is 6.34. The second kappa shape index (κ2) is 6.23. The zero-order chi connectivity index (χ0) is 14.5. The first-order valence-corrected chi connectivity index (χ1v) is 6.09. The largest absolute Gasteiger partial charge is 0.497 e. The Hall–Kier alpha value is -2.31. The number of nitrogens with one attached hydrogen (secondary N) is 2. The monoisotopic (exact) mass is 292 g/mol. The maximum atomic E-state index is 12.2. The molecule has 0 radical (unpaired) electrons. The number of hydrogen-bond donors (Lipinski definition) is 3. The van der Waals surface area contributed by atoms with Crippen molar-refractivity contribution in [1.82, 2.24) is 4.98 Å². The first-order chi connectivity index (χ1) is 9.65. The number of anilines is 2. The average molecular weight is 293 g/mol. The molecule has 0 aliphatic heterocycles. The number of carbonyl (C=O) groups is 1. The van der Waals surface area contributed by atoms with Crippen LogP contribution in [0.4, 0.5) is 11.4 Å². The summed E-state index contributed by atoms with van der Waals surface area (Å²) in [4.78, 5) is 16.1. The Morgan fingerprint density at radius 2 is 2.15 bits per heavy atom. The molecule has 0 bridgehead atoms. The number of hydrazine groups is 1. The highest BCUT2D eigenvalue weighted by Gasteiger charge is 2.13. The Morgan fingerprint density at radius 3 is 2.85 bits per heavy atom. The third kappa shape index (κ3) is 2.98. The summed E-state index contributed by atoms with van der Waals surface area (Å²) in [5.74, 6) is 5.58. The minimum absolute atomic E-state index is 0.351. The number of benzene rings is 1. The molecule has 2 rings (SSSR count). The van der Waals surface area contributed by atoms with Gasteiger partial charge in [-0.05, 0) is 18.2 Å². The van der Waals surface area contributed by atoms with E-state index in [2.05, 4.69) is 15.7 Å². The van der Waals surface area contributed by atoms with Crippen molar-refractivity contribution in [2.24, 2.45) is 5.84 Å². The quantitative estimate of drug-likeness (QED) is 0.594. The van der Waals surface area contributed by atoms with Crippen molar-refractivity contribution in [3.8, 4) is 5.75 Å². The Bertz CT molecular complexity index is 634. The Kier molecular flexibility index (Phi) is 4.39. The Balaban J connectivity index is 2.27. The molecular weight excluding hydrogens is 280 g/mol. The van der Waals surface area contributed by atoms with Crippen LogP contribution in [0.2, 0.25) is 5.02 Å². The maximum Gasteiger partial charge on any atom is 0.257 e. The number of pyridine rings is 1. The van der Waals surface area contributed by atoms with Crippen LogP contribution in [-0.2, 0) is 0 Å². The summed E-state index contributed by atoms with van der Waals surface area (Å²) in [7, 11) is 1.54. The van der Waals surface area contributed by atoms with E-state index in [1.165, 1.54) is 19.5 Å². The topological polar surface area (TPSA) is 89.3 Å². The smallest absolute Gasteiger partial charge is 0.257 e. The molecule has 0 aliphatic carbocycles. The predicted molar refractivity (Wildman–Crippen MR) is 78.0 cm³/mol. The van der Waals surface area contributed by atoms with Gasteiger partial charge in [-0.25, -0.2) is 0 Å². The molecule has 0 atom stereocenters. The second-order valence-electron chi connectivity index (χ2n) is 3.87. The van der Waals surface area contributed by atoms with E-state index < -0.39 is 0 Å². The molecule has 1 aromatic heterocycles. The van der Waals surface area contributed by atoms with Gasteiger partial charge in [0.05, 0.1) is 35.3 Å². The number of rotatable bonds is 4. The van der Waals surface area contributed by atoms with Gasteiger partial charge in [0, 0.05) is 12.3 Å². The van der Waals surface area contributed by atoms with Gasteiger partial charge >= 0.3 is 0 Å². The van der Waals surface area contributed by atoms with Gasteiger partial charge < -0.3 is 15.5 Å². The number of aromatic nitrogens is 1. The summed E-state index contributed by atoms with van der Waals surface area (Å²) in [6, 6.07) is 6.54. The Morgan fingerprint density at radius 1 is 1.35 bits per heavy atom. The van der Waals surface area contributed by atoms with Crippen LogP contribution < -0.4 is 21.3 Å². The molecule has 0 aliphatic rings. The summed E-state index contributed by atoms with van der Waals surface area (Å²) in [5, 5.41) is 3.11. The number of amides is 1. The van der Waals surface area contributed by atoms with Crippen LogP contribution in [0.5, 0.6) is 5.75 Å². The van der Waals surface area contributed by atoms with E-state index in [0.717, 1.165) is 0 Å². The molecule has 20 heavy (non-hydrogen) atoms. The van der Waals surface area contributed by atoms with E-state index in [-0.39, 0.29) is 5.91 Å². The van der Waals surface area contributed by atoms with Gasteiger partial charge in [-0.3, -0.25) is 15.6 Å². The lowest BCUT2D eigenvalue weighted by atomic mass is 10.2. The lowest BCUT2D eigenvalue weighted by Gasteiger charge is -2.11. The first kappa shape index (κ1) is 14.1. The predicted octanol–water partition coefficient (Wildman–Crippen LogP) is 2.28. The number of methoxy groups -OCH3 is 1. The van der Waals surface area contributed by atoms with Crippen LogP contribution in [0.3, 0.4) is 0 Å². The van der Waals surface area contributed by atoms with E-state index in [1.807, 2.05) is 0 Å². The minimum atomic E-state index is -0.351. The number of carbonyl (C=O) groups excluding carboxylic acids is 1. The fourth-order valence-corrected chi connectivity index (χ4v) is 1.79. The molecule has 0 fully saturated rings. The SMILES string of the molecule is COc1ccc(Cl)c(NC(=O)c2ccncc2NN)c1. The van der Waals surface area contributed by atoms with E-state index in [4.69, 9.17) is 22.2 Å². The standard InChI is InChI=1S/C13H13ClN4O2/c1-20-8-2-3-10(14)11(6-8)17-13(19)9-4-5-16-7-12(9)18-15/h2-7,18H,15H2,1H3,(H,17,19). The van der Waals surface area contributed by atoms with E-state index >= 15 is 0 Å². The molecule has 6 nitrogen and oxygen atoms in total. The normalized spacial score (nSPS) is 9.95. The molecule has 1 aromatic carbocycles. The van der Waals surface area contributed by atoms with Gasteiger partial charge in [-0.2, -0.15) is 0 Å². The van der Waals surface area contributed by atoms with Gasteiger partial charge in [0.15, 0.2) is 0 Å². The van der Waals surface area contributed by atoms with Crippen molar-refractivity contribution in [3.63, 3.8) is 0 Å². The molecule has 2 aromatic rings. The van der Waals surface area contributed by atoms with Crippen molar-refractivity contribution in [3.05, 3.63) is 47.2 Å². The molecule has 1 amide bonds. The van der Waals surface area contributed by atoms with Gasteiger partial charge in [-0.1, -0.05) is 11.6 Å². The summed E-state index contributed by atoms with van der Waals surface area (Å²) in [6.45, 7) is 0. The fourth-order valence-electron chi connectivity index (χ4n) is 1.62. The molecule has 0 saturated heterocycles. The lowest BCUT2D eigenvalue weighted by molar-refractivity contribution is 0.102. The summed E-state index contributed by atoms with van der Waals surface area (Å²) >= 11 is 6.04. The second-order valence-corrected chi connectivity index (χ2v) is 4.27.